The molecule has 2 N–H and O–H groups in total. The molecule has 0 fully saturated rings. The van der Waals surface area contributed by atoms with Crippen LogP contribution in [0, 0.1) is 0 Å². The second kappa shape index (κ2) is 7.70. The topological polar surface area (TPSA) is 61.8 Å². The van der Waals surface area contributed by atoms with Crippen molar-refractivity contribution in [3.63, 3.8) is 0 Å². The lowest BCUT2D eigenvalue weighted by atomic mass is 9.88. The largest absolute Gasteiger partial charge is 0.504 e. The number of hydrogen-bond donors (Lipinski definition) is 2. The van der Waals surface area contributed by atoms with Crippen LogP contribution >= 0.6 is 28.1 Å². The molecule has 0 radical (unpaired) electrons. The van der Waals surface area contributed by atoms with Crippen LogP contribution in [0.4, 0.5) is 0 Å². The number of halogens is 1. The Bertz CT molecular complexity index is 944. The monoisotopic (exact) mass is 446 g/mol. The molecular formula is C20H19BrN2O3S. The number of Topliss-reactive ketones (excluding diaryl/α,β-unsaturated/α-hetero) is 1. The van der Waals surface area contributed by atoms with Gasteiger partial charge in [-0.05, 0) is 31.3 Å². The Labute approximate surface area is 171 Å². The number of nitrogens with zero attached hydrogens (tertiary/aromatic N) is 1. The molecular weight excluding hydrogens is 428 g/mol. The summed E-state index contributed by atoms with van der Waals surface area (Å²) in [5, 5.41) is 14.3. The van der Waals surface area contributed by atoms with Gasteiger partial charge in [-0.15, -0.1) is 0 Å². The summed E-state index contributed by atoms with van der Waals surface area (Å²) in [4.78, 5) is 15.1. The molecule has 7 heteroatoms. The molecule has 2 aromatic rings. The molecule has 0 aromatic heterocycles. The lowest BCUT2D eigenvalue weighted by Gasteiger charge is -2.36. The highest BCUT2D eigenvalue weighted by Crippen LogP contribution is 2.42. The van der Waals surface area contributed by atoms with Crippen molar-refractivity contribution in [3.05, 3.63) is 69.3 Å². The van der Waals surface area contributed by atoms with Gasteiger partial charge in [-0.25, -0.2) is 0 Å². The van der Waals surface area contributed by atoms with Crippen molar-refractivity contribution >= 4 is 39.0 Å². The summed E-state index contributed by atoms with van der Waals surface area (Å²) in [6.45, 7) is 1.85. The van der Waals surface area contributed by atoms with E-state index in [0.717, 1.165) is 10.2 Å². The molecule has 3 rings (SSSR count). The van der Waals surface area contributed by atoms with E-state index in [1.54, 1.807) is 36.2 Å². The summed E-state index contributed by atoms with van der Waals surface area (Å²) < 4.78 is 5.99. The van der Waals surface area contributed by atoms with E-state index in [1.807, 2.05) is 25.1 Å². The van der Waals surface area contributed by atoms with E-state index in [-0.39, 0.29) is 11.5 Å². The van der Waals surface area contributed by atoms with Crippen LogP contribution in [0.25, 0.3) is 0 Å². The average Bonchev–Trinajstić information content (AvgIpc) is 2.67. The van der Waals surface area contributed by atoms with Gasteiger partial charge in [-0.3, -0.25) is 4.79 Å². The quantitative estimate of drug-likeness (QED) is 0.542. The zero-order chi connectivity index (χ0) is 19.7. The van der Waals surface area contributed by atoms with Gasteiger partial charge >= 0.3 is 0 Å². The Morgan fingerprint density at radius 1 is 1.30 bits per heavy atom. The Balaban J connectivity index is 2.20. The minimum atomic E-state index is -0.604. The van der Waals surface area contributed by atoms with Gasteiger partial charge in [0.2, 0.25) is 0 Å². The molecule has 1 aliphatic rings. The number of phenolic OH excluding ortho intramolecular Hbond substituents is 1. The highest BCUT2D eigenvalue weighted by molar-refractivity contribution is 9.10. The van der Waals surface area contributed by atoms with Crippen LogP contribution in [0.3, 0.4) is 0 Å². The van der Waals surface area contributed by atoms with Crippen LogP contribution in [0.2, 0.25) is 0 Å². The zero-order valence-corrected chi connectivity index (χ0v) is 17.5. The normalized spacial score (nSPS) is 17.0. The van der Waals surface area contributed by atoms with Crippen LogP contribution in [0.1, 0.15) is 28.9 Å². The molecule has 1 aliphatic heterocycles. The standard InChI is InChI=1S/C20H19BrN2O3S/c1-11-16(18(24)12-7-5-4-6-8-12)17(22-20(27)23(11)2)14-9-13(21)10-15(26-3)19(14)25/h4-10,17,25H,1-3H3,(H,22,27). The molecule has 27 heavy (non-hydrogen) atoms. The van der Waals surface area contributed by atoms with Gasteiger partial charge in [-0.1, -0.05) is 46.3 Å². The smallest absolute Gasteiger partial charge is 0.193 e. The van der Waals surface area contributed by atoms with Crippen molar-refractivity contribution in [2.24, 2.45) is 0 Å². The number of ether oxygens (including phenoxy) is 1. The number of hydrogen-bond acceptors (Lipinski definition) is 4. The summed E-state index contributed by atoms with van der Waals surface area (Å²) >= 11 is 8.86. The lowest BCUT2D eigenvalue weighted by Crippen LogP contribution is -2.45. The molecule has 2 aromatic carbocycles. The number of nitrogens with one attached hydrogen (secondary N) is 1. The number of benzene rings is 2. The maximum absolute atomic E-state index is 13.3. The number of allylic oxidation sites excluding steroid dienone is 1. The summed E-state index contributed by atoms with van der Waals surface area (Å²) in [5.74, 6) is 0.158. The number of aromatic hydroxyl groups is 1. The number of methoxy groups -OCH3 is 1. The van der Waals surface area contributed by atoms with E-state index in [9.17, 15) is 9.90 Å². The second-order valence-electron chi connectivity index (χ2n) is 6.18. The Hall–Kier alpha value is -2.38. The molecule has 1 unspecified atom stereocenters. The Morgan fingerprint density at radius 2 is 1.96 bits per heavy atom. The van der Waals surface area contributed by atoms with E-state index in [1.165, 1.54) is 7.11 Å². The molecule has 5 nitrogen and oxygen atoms in total. The zero-order valence-electron chi connectivity index (χ0n) is 15.1. The van der Waals surface area contributed by atoms with Crippen molar-refractivity contribution in [2.45, 2.75) is 13.0 Å². The predicted octanol–water partition coefficient (Wildman–Crippen LogP) is 4.18. The van der Waals surface area contributed by atoms with Gasteiger partial charge in [0, 0.05) is 33.9 Å². The SMILES string of the molecule is COc1cc(Br)cc(C2NC(=S)N(C)C(C)=C2C(=O)c2ccccc2)c1O. The third-order valence-electron chi connectivity index (χ3n) is 4.63. The van der Waals surface area contributed by atoms with Crippen molar-refractivity contribution in [2.75, 3.05) is 14.2 Å². The fraction of sp³-hybridized carbons (Fsp3) is 0.200. The summed E-state index contributed by atoms with van der Waals surface area (Å²) in [7, 11) is 3.29. The van der Waals surface area contributed by atoms with Crippen molar-refractivity contribution in [3.8, 4) is 11.5 Å². The summed E-state index contributed by atoms with van der Waals surface area (Å²) in [6, 6.07) is 11.9. The van der Waals surface area contributed by atoms with Gasteiger partial charge in [0.1, 0.15) is 0 Å². The van der Waals surface area contributed by atoms with Gasteiger partial charge in [0.05, 0.1) is 13.2 Å². The first-order valence-corrected chi connectivity index (χ1v) is 9.46. The van der Waals surface area contributed by atoms with Gasteiger partial charge in [0.15, 0.2) is 22.4 Å². The maximum Gasteiger partial charge on any atom is 0.193 e. The molecule has 1 heterocycles. The van der Waals surface area contributed by atoms with E-state index in [0.29, 0.717) is 27.6 Å². The highest BCUT2D eigenvalue weighted by atomic mass is 79.9. The summed E-state index contributed by atoms with van der Waals surface area (Å²) in [6.07, 6.45) is 0. The number of ketones is 1. The van der Waals surface area contributed by atoms with Crippen LogP contribution < -0.4 is 10.1 Å². The van der Waals surface area contributed by atoms with E-state index >= 15 is 0 Å². The molecule has 0 spiro atoms. The average molecular weight is 447 g/mol. The third kappa shape index (κ3) is 3.57. The van der Waals surface area contributed by atoms with E-state index < -0.39 is 6.04 Å². The van der Waals surface area contributed by atoms with Crippen molar-refractivity contribution < 1.29 is 14.6 Å². The first-order chi connectivity index (χ1) is 12.8. The highest BCUT2D eigenvalue weighted by Gasteiger charge is 2.35. The molecule has 0 saturated carbocycles. The minimum absolute atomic E-state index is 0.0308. The fourth-order valence-electron chi connectivity index (χ4n) is 3.08. The van der Waals surface area contributed by atoms with E-state index in [4.69, 9.17) is 17.0 Å². The summed E-state index contributed by atoms with van der Waals surface area (Å²) in [5.41, 5.74) is 2.33. The maximum atomic E-state index is 13.3. The molecule has 0 amide bonds. The van der Waals surface area contributed by atoms with Crippen LogP contribution in [0.5, 0.6) is 11.5 Å². The molecule has 0 bridgehead atoms. The molecule has 140 valence electrons. The molecule has 0 aliphatic carbocycles. The van der Waals surface area contributed by atoms with Crippen LogP contribution in [-0.4, -0.2) is 35.1 Å². The Kier molecular flexibility index (Phi) is 5.53. The van der Waals surface area contributed by atoms with Gasteiger partial charge in [0.25, 0.3) is 0 Å². The van der Waals surface area contributed by atoms with Crippen LogP contribution in [-0.2, 0) is 0 Å². The Morgan fingerprint density at radius 3 is 2.59 bits per heavy atom. The number of thiocarbonyl (C=S) groups is 1. The number of rotatable bonds is 4. The fourth-order valence-corrected chi connectivity index (χ4v) is 3.79. The number of carbonyl (C=O) groups excluding carboxylic acids is 1. The van der Waals surface area contributed by atoms with E-state index in [2.05, 4.69) is 21.2 Å². The third-order valence-corrected chi connectivity index (χ3v) is 5.48. The van der Waals surface area contributed by atoms with Gasteiger partial charge < -0.3 is 20.1 Å². The number of carbonyl (C=O) groups is 1. The van der Waals surface area contributed by atoms with Crippen molar-refractivity contribution in [1.82, 2.24) is 10.2 Å². The molecule has 0 saturated heterocycles. The lowest BCUT2D eigenvalue weighted by molar-refractivity contribution is 0.102. The van der Waals surface area contributed by atoms with Crippen LogP contribution in [0.15, 0.2) is 58.2 Å². The minimum Gasteiger partial charge on any atom is -0.504 e. The molecule has 1 atom stereocenters. The number of phenols is 1. The van der Waals surface area contributed by atoms with Gasteiger partial charge in [-0.2, -0.15) is 0 Å². The first kappa shape index (κ1) is 19.4. The second-order valence-corrected chi connectivity index (χ2v) is 7.48. The predicted molar refractivity (Wildman–Crippen MR) is 112 cm³/mol. The first-order valence-electron chi connectivity index (χ1n) is 8.26. The van der Waals surface area contributed by atoms with Crippen molar-refractivity contribution in [1.29, 1.82) is 0 Å².